The second kappa shape index (κ2) is 6.91. The molecule has 0 atom stereocenters. The molecule has 0 saturated carbocycles. The molecule has 0 aromatic heterocycles. The molecule has 98 valence electrons. The second-order valence-electron chi connectivity index (χ2n) is 3.37. The molecule has 1 aromatic rings. The van der Waals surface area contributed by atoms with Crippen molar-refractivity contribution in [2.45, 2.75) is 13.8 Å². The van der Waals surface area contributed by atoms with Gasteiger partial charge in [0.1, 0.15) is 0 Å². The fraction of sp³-hybridized carbons (Fsp3) is 0.308. The molecule has 0 aliphatic rings. The molecular weight excluding hydrogens is 256 g/mol. The summed E-state index contributed by atoms with van der Waals surface area (Å²) in [6.07, 6.45) is 2.49. The van der Waals surface area contributed by atoms with E-state index in [-0.39, 0.29) is 0 Å². The molecule has 0 unspecified atom stereocenters. The largest absolute Gasteiger partial charge is 0.490 e. The highest BCUT2D eigenvalue weighted by atomic mass is 35.5. The summed E-state index contributed by atoms with van der Waals surface area (Å²) >= 11 is 6.08. The molecular formula is C13H15ClO4. The van der Waals surface area contributed by atoms with Gasteiger partial charge in [-0.1, -0.05) is 11.6 Å². The fourth-order valence-corrected chi connectivity index (χ4v) is 1.67. The Morgan fingerprint density at radius 2 is 2.00 bits per heavy atom. The van der Waals surface area contributed by atoms with Crippen molar-refractivity contribution in [1.29, 1.82) is 0 Å². The maximum atomic E-state index is 10.5. The predicted octanol–water partition coefficient (Wildman–Crippen LogP) is 3.24. The Morgan fingerprint density at radius 1 is 1.33 bits per heavy atom. The van der Waals surface area contributed by atoms with Crippen LogP contribution in [0.5, 0.6) is 11.5 Å². The van der Waals surface area contributed by atoms with Crippen LogP contribution in [0.2, 0.25) is 5.02 Å². The Kier molecular flexibility index (Phi) is 5.52. The first-order chi connectivity index (χ1) is 8.58. The lowest BCUT2D eigenvalue weighted by Gasteiger charge is -2.13. The van der Waals surface area contributed by atoms with Gasteiger partial charge in [-0.25, -0.2) is 4.79 Å². The van der Waals surface area contributed by atoms with Crippen molar-refractivity contribution < 1.29 is 19.4 Å². The van der Waals surface area contributed by atoms with Crippen molar-refractivity contribution in [1.82, 2.24) is 0 Å². The summed E-state index contributed by atoms with van der Waals surface area (Å²) in [6.45, 7) is 4.65. The van der Waals surface area contributed by atoms with Gasteiger partial charge >= 0.3 is 5.97 Å². The minimum atomic E-state index is -1.02. The van der Waals surface area contributed by atoms with Gasteiger partial charge in [-0.05, 0) is 37.6 Å². The SMILES string of the molecule is CCOc1cc(/C=C/C(=O)O)cc(Cl)c1OCC. The quantitative estimate of drug-likeness (QED) is 0.806. The molecule has 1 aromatic carbocycles. The summed E-state index contributed by atoms with van der Waals surface area (Å²) in [5.41, 5.74) is 0.648. The van der Waals surface area contributed by atoms with Crippen LogP contribution in [0.15, 0.2) is 18.2 Å². The normalized spacial score (nSPS) is 10.6. The smallest absolute Gasteiger partial charge is 0.328 e. The zero-order chi connectivity index (χ0) is 13.5. The summed E-state index contributed by atoms with van der Waals surface area (Å²) in [4.78, 5) is 10.5. The highest BCUT2D eigenvalue weighted by molar-refractivity contribution is 6.32. The summed E-state index contributed by atoms with van der Waals surface area (Å²) in [6, 6.07) is 3.33. The molecule has 0 radical (unpaired) electrons. The molecule has 0 aliphatic heterocycles. The van der Waals surface area contributed by atoms with Crippen LogP contribution in [0.3, 0.4) is 0 Å². The summed E-state index contributed by atoms with van der Waals surface area (Å²) in [5, 5.41) is 8.98. The standard InChI is InChI=1S/C13H15ClO4/c1-3-17-11-8-9(5-6-12(15)16)7-10(14)13(11)18-4-2/h5-8H,3-4H2,1-2H3,(H,15,16)/b6-5+. The van der Waals surface area contributed by atoms with Gasteiger partial charge in [0.25, 0.3) is 0 Å². The van der Waals surface area contributed by atoms with Crippen LogP contribution >= 0.6 is 11.6 Å². The predicted molar refractivity (Wildman–Crippen MR) is 70.5 cm³/mol. The number of rotatable bonds is 6. The zero-order valence-corrected chi connectivity index (χ0v) is 11.0. The molecule has 0 fully saturated rings. The number of aliphatic carboxylic acids is 1. The minimum Gasteiger partial charge on any atom is -0.490 e. The Morgan fingerprint density at radius 3 is 2.56 bits per heavy atom. The molecule has 4 nitrogen and oxygen atoms in total. The zero-order valence-electron chi connectivity index (χ0n) is 10.3. The third kappa shape index (κ3) is 3.96. The van der Waals surface area contributed by atoms with Gasteiger partial charge in [0.15, 0.2) is 11.5 Å². The Hall–Kier alpha value is -1.68. The van der Waals surface area contributed by atoms with Gasteiger partial charge in [0.05, 0.1) is 18.2 Å². The lowest BCUT2D eigenvalue weighted by atomic mass is 10.2. The number of hydrogen-bond donors (Lipinski definition) is 1. The van der Waals surface area contributed by atoms with Gasteiger partial charge < -0.3 is 14.6 Å². The van der Waals surface area contributed by atoms with Crippen LogP contribution < -0.4 is 9.47 Å². The van der Waals surface area contributed by atoms with E-state index in [9.17, 15) is 4.79 Å². The molecule has 0 heterocycles. The lowest BCUT2D eigenvalue weighted by molar-refractivity contribution is -0.131. The molecule has 18 heavy (non-hydrogen) atoms. The van der Waals surface area contributed by atoms with E-state index in [2.05, 4.69) is 0 Å². The number of carbonyl (C=O) groups is 1. The number of carboxylic acid groups (broad SMARTS) is 1. The number of ether oxygens (including phenoxy) is 2. The van der Waals surface area contributed by atoms with Crippen molar-refractivity contribution >= 4 is 23.6 Å². The van der Waals surface area contributed by atoms with Gasteiger partial charge in [-0.3, -0.25) is 0 Å². The summed E-state index contributed by atoms with van der Waals surface area (Å²) in [5.74, 6) is -0.0247. The average Bonchev–Trinajstić information content (AvgIpc) is 2.31. The van der Waals surface area contributed by atoms with Crippen molar-refractivity contribution in [3.8, 4) is 11.5 Å². The van der Waals surface area contributed by atoms with E-state index < -0.39 is 5.97 Å². The van der Waals surface area contributed by atoms with Crippen LogP contribution in [0.4, 0.5) is 0 Å². The molecule has 0 amide bonds. The molecule has 1 rings (SSSR count). The molecule has 0 saturated heterocycles. The Labute approximate surface area is 111 Å². The first-order valence-electron chi connectivity index (χ1n) is 5.58. The maximum Gasteiger partial charge on any atom is 0.328 e. The van der Waals surface area contributed by atoms with E-state index in [4.69, 9.17) is 26.2 Å². The van der Waals surface area contributed by atoms with Gasteiger partial charge in [0, 0.05) is 6.08 Å². The highest BCUT2D eigenvalue weighted by Crippen LogP contribution is 2.37. The molecule has 0 bridgehead atoms. The fourth-order valence-electron chi connectivity index (χ4n) is 1.40. The Bertz CT molecular complexity index is 455. The first-order valence-corrected chi connectivity index (χ1v) is 5.96. The van der Waals surface area contributed by atoms with Crippen molar-refractivity contribution in [3.63, 3.8) is 0 Å². The van der Waals surface area contributed by atoms with E-state index in [1.165, 1.54) is 6.08 Å². The number of benzene rings is 1. The van der Waals surface area contributed by atoms with Crippen LogP contribution in [0, 0.1) is 0 Å². The topological polar surface area (TPSA) is 55.8 Å². The molecule has 5 heteroatoms. The van der Waals surface area contributed by atoms with Gasteiger partial charge in [-0.2, -0.15) is 0 Å². The molecule has 0 aliphatic carbocycles. The van der Waals surface area contributed by atoms with E-state index in [1.807, 2.05) is 13.8 Å². The van der Waals surface area contributed by atoms with E-state index in [0.29, 0.717) is 35.3 Å². The molecule has 1 N–H and O–H groups in total. The van der Waals surface area contributed by atoms with Crippen LogP contribution in [0.25, 0.3) is 6.08 Å². The highest BCUT2D eigenvalue weighted by Gasteiger charge is 2.11. The lowest BCUT2D eigenvalue weighted by Crippen LogP contribution is -1.99. The van der Waals surface area contributed by atoms with Crippen LogP contribution in [0.1, 0.15) is 19.4 Å². The first kappa shape index (κ1) is 14.4. The maximum absolute atomic E-state index is 10.5. The van der Waals surface area contributed by atoms with E-state index >= 15 is 0 Å². The van der Waals surface area contributed by atoms with Gasteiger partial charge in [0.2, 0.25) is 0 Å². The van der Waals surface area contributed by atoms with Crippen molar-refractivity contribution in [2.24, 2.45) is 0 Å². The number of halogens is 1. The second-order valence-corrected chi connectivity index (χ2v) is 3.77. The summed E-state index contributed by atoms with van der Waals surface area (Å²) in [7, 11) is 0. The van der Waals surface area contributed by atoms with Crippen molar-refractivity contribution in [3.05, 3.63) is 28.8 Å². The van der Waals surface area contributed by atoms with Crippen LogP contribution in [-0.2, 0) is 4.79 Å². The summed E-state index contributed by atoms with van der Waals surface area (Å²) < 4.78 is 10.8. The average molecular weight is 271 g/mol. The third-order valence-corrected chi connectivity index (χ3v) is 2.32. The monoisotopic (exact) mass is 270 g/mol. The third-order valence-electron chi connectivity index (χ3n) is 2.04. The Balaban J connectivity index is 3.13. The van der Waals surface area contributed by atoms with Gasteiger partial charge in [-0.15, -0.1) is 0 Å². The van der Waals surface area contributed by atoms with Crippen LogP contribution in [-0.4, -0.2) is 24.3 Å². The minimum absolute atomic E-state index is 0.396. The number of carboxylic acids is 1. The van der Waals surface area contributed by atoms with Crippen molar-refractivity contribution in [2.75, 3.05) is 13.2 Å². The van der Waals surface area contributed by atoms with E-state index in [0.717, 1.165) is 6.08 Å². The number of hydrogen-bond acceptors (Lipinski definition) is 3. The molecule has 0 spiro atoms. The van der Waals surface area contributed by atoms with E-state index in [1.54, 1.807) is 12.1 Å².